The van der Waals surface area contributed by atoms with Crippen LogP contribution in [0.5, 0.6) is 0 Å². The molecule has 0 fully saturated rings. The highest BCUT2D eigenvalue weighted by atomic mass is 16.5. The van der Waals surface area contributed by atoms with Gasteiger partial charge in [-0.2, -0.15) is 5.10 Å². The molecule has 0 aliphatic rings. The van der Waals surface area contributed by atoms with Crippen LogP contribution in [-0.2, 0) is 16.1 Å². The summed E-state index contributed by atoms with van der Waals surface area (Å²) in [6.07, 6.45) is 1.53. The minimum Gasteiger partial charge on any atom is -0.399 e. The first-order chi connectivity index (χ1) is 10.1. The molecule has 1 unspecified atom stereocenters. The lowest BCUT2D eigenvalue weighted by Crippen LogP contribution is -2.37. The van der Waals surface area contributed by atoms with Crippen LogP contribution in [0.25, 0.3) is 11.4 Å². The lowest BCUT2D eigenvalue weighted by Gasteiger charge is -2.12. The molecule has 21 heavy (non-hydrogen) atoms. The summed E-state index contributed by atoms with van der Waals surface area (Å²) in [7, 11) is 1.60. The maximum absolute atomic E-state index is 11.8. The Morgan fingerprint density at radius 3 is 2.81 bits per heavy atom. The molecule has 1 atom stereocenters. The van der Waals surface area contributed by atoms with E-state index in [-0.39, 0.29) is 18.5 Å². The van der Waals surface area contributed by atoms with Gasteiger partial charge < -0.3 is 15.8 Å². The molecular formula is C14H19N5O2. The van der Waals surface area contributed by atoms with E-state index in [4.69, 9.17) is 10.5 Å². The number of amides is 1. The zero-order valence-electron chi connectivity index (χ0n) is 12.1. The van der Waals surface area contributed by atoms with Gasteiger partial charge in [-0.15, -0.1) is 0 Å². The Hall–Kier alpha value is -2.41. The minimum atomic E-state index is -0.131. The van der Waals surface area contributed by atoms with Gasteiger partial charge in [0.2, 0.25) is 5.91 Å². The number of carbonyl (C=O) groups is 1. The fourth-order valence-corrected chi connectivity index (χ4v) is 1.89. The first kappa shape index (κ1) is 15.0. The van der Waals surface area contributed by atoms with Crippen molar-refractivity contribution in [1.29, 1.82) is 0 Å². The summed E-state index contributed by atoms with van der Waals surface area (Å²) in [6, 6.07) is 7.22. The van der Waals surface area contributed by atoms with Crippen molar-refractivity contribution in [3.05, 3.63) is 30.6 Å². The number of hydrogen-bond acceptors (Lipinski definition) is 5. The molecule has 0 saturated heterocycles. The largest absolute Gasteiger partial charge is 0.399 e. The van der Waals surface area contributed by atoms with Crippen molar-refractivity contribution < 1.29 is 9.53 Å². The van der Waals surface area contributed by atoms with Gasteiger partial charge in [0.1, 0.15) is 12.9 Å². The number of rotatable bonds is 6. The molecule has 1 heterocycles. The molecule has 0 bridgehead atoms. The van der Waals surface area contributed by atoms with Crippen LogP contribution in [0.15, 0.2) is 30.6 Å². The Bertz CT molecular complexity index is 594. The second-order valence-electron chi connectivity index (χ2n) is 4.81. The normalized spacial score (nSPS) is 12.1. The molecule has 0 aliphatic heterocycles. The maximum Gasteiger partial charge on any atom is 0.242 e. The van der Waals surface area contributed by atoms with Crippen molar-refractivity contribution in [3.63, 3.8) is 0 Å². The van der Waals surface area contributed by atoms with E-state index in [9.17, 15) is 4.79 Å². The van der Waals surface area contributed by atoms with Gasteiger partial charge in [0.25, 0.3) is 0 Å². The zero-order valence-corrected chi connectivity index (χ0v) is 12.1. The molecule has 0 spiro atoms. The Morgan fingerprint density at radius 1 is 1.43 bits per heavy atom. The third-order valence-electron chi connectivity index (χ3n) is 2.84. The van der Waals surface area contributed by atoms with Crippen molar-refractivity contribution in [2.75, 3.05) is 19.5 Å². The van der Waals surface area contributed by atoms with Crippen molar-refractivity contribution in [3.8, 4) is 11.4 Å². The van der Waals surface area contributed by atoms with Gasteiger partial charge in [-0.05, 0) is 31.2 Å². The third-order valence-corrected chi connectivity index (χ3v) is 2.84. The first-order valence-electron chi connectivity index (χ1n) is 6.62. The maximum atomic E-state index is 11.8. The van der Waals surface area contributed by atoms with Crippen LogP contribution >= 0.6 is 0 Å². The molecule has 112 valence electrons. The molecule has 1 aromatic heterocycles. The van der Waals surface area contributed by atoms with Crippen LogP contribution < -0.4 is 11.1 Å². The van der Waals surface area contributed by atoms with E-state index in [2.05, 4.69) is 15.4 Å². The van der Waals surface area contributed by atoms with E-state index in [1.54, 1.807) is 19.2 Å². The van der Waals surface area contributed by atoms with Gasteiger partial charge in [-0.3, -0.25) is 4.79 Å². The van der Waals surface area contributed by atoms with Crippen molar-refractivity contribution in [1.82, 2.24) is 20.1 Å². The van der Waals surface area contributed by atoms with Gasteiger partial charge >= 0.3 is 0 Å². The molecule has 1 aromatic carbocycles. The average Bonchev–Trinajstić information content (AvgIpc) is 2.88. The number of nitrogens with zero attached hydrogens (tertiary/aromatic N) is 3. The van der Waals surface area contributed by atoms with E-state index in [0.717, 1.165) is 5.56 Å². The Kier molecular flexibility index (Phi) is 4.89. The molecule has 2 aromatic rings. The van der Waals surface area contributed by atoms with Gasteiger partial charge in [-0.1, -0.05) is 0 Å². The van der Waals surface area contributed by atoms with Crippen molar-refractivity contribution in [2.24, 2.45) is 0 Å². The quantitative estimate of drug-likeness (QED) is 0.762. The molecule has 7 heteroatoms. The first-order valence-corrected chi connectivity index (χ1v) is 6.62. The molecule has 2 rings (SSSR count). The third kappa shape index (κ3) is 4.28. The lowest BCUT2D eigenvalue weighted by molar-refractivity contribution is -0.122. The number of nitrogens with one attached hydrogen (secondary N) is 1. The van der Waals surface area contributed by atoms with E-state index >= 15 is 0 Å². The molecule has 0 aliphatic carbocycles. The van der Waals surface area contributed by atoms with Crippen molar-refractivity contribution in [2.45, 2.75) is 19.5 Å². The van der Waals surface area contributed by atoms with Gasteiger partial charge in [-0.25, -0.2) is 9.67 Å². The minimum absolute atomic E-state index is 0.0393. The number of nitrogen functional groups attached to an aromatic ring is 1. The average molecular weight is 289 g/mol. The second kappa shape index (κ2) is 6.85. The van der Waals surface area contributed by atoms with Gasteiger partial charge in [0.05, 0.1) is 6.61 Å². The Labute approximate surface area is 123 Å². The van der Waals surface area contributed by atoms with Crippen LogP contribution in [0.4, 0.5) is 5.69 Å². The molecule has 0 saturated carbocycles. The van der Waals surface area contributed by atoms with Crippen molar-refractivity contribution >= 4 is 11.6 Å². The van der Waals surface area contributed by atoms with E-state index in [1.165, 1.54) is 11.0 Å². The van der Waals surface area contributed by atoms with E-state index < -0.39 is 0 Å². The highest BCUT2D eigenvalue weighted by Crippen LogP contribution is 2.15. The van der Waals surface area contributed by atoms with Crippen LogP contribution in [0, 0.1) is 0 Å². The molecule has 1 amide bonds. The second-order valence-corrected chi connectivity index (χ2v) is 4.81. The standard InChI is InChI=1S/C14H19N5O2/c1-10(8-21-2)17-13(20)7-19-9-16-14(18-19)11-3-5-12(15)6-4-11/h3-6,9-10H,7-8,15H2,1-2H3,(H,17,20). The number of hydrogen-bond donors (Lipinski definition) is 2. The number of anilines is 1. The lowest BCUT2D eigenvalue weighted by atomic mass is 10.2. The number of carbonyl (C=O) groups excluding carboxylic acids is 1. The predicted octanol–water partition coefficient (Wildman–Crippen LogP) is 0.678. The van der Waals surface area contributed by atoms with Crippen LogP contribution in [0.1, 0.15) is 6.92 Å². The summed E-state index contributed by atoms with van der Waals surface area (Å²) >= 11 is 0. The summed E-state index contributed by atoms with van der Waals surface area (Å²) in [5.41, 5.74) is 7.18. The van der Waals surface area contributed by atoms with Crippen LogP contribution in [0.2, 0.25) is 0 Å². The molecule has 7 nitrogen and oxygen atoms in total. The van der Waals surface area contributed by atoms with Crippen LogP contribution in [0.3, 0.4) is 0 Å². The van der Waals surface area contributed by atoms with Gasteiger partial charge in [0, 0.05) is 24.4 Å². The highest BCUT2D eigenvalue weighted by Gasteiger charge is 2.10. The fraction of sp³-hybridized carbons (Fsp3) is 0.357. The Balaban J connectivity index is 1.97. The summed E-state index contributed by atoms with van der Waals surface area (Å²) < 4.78 is 6.47. The van der Waals surface area contributed by atoms with Gasteiger partial charge in [0.15, 0.2) is 5.82 Å². The summed E-state index contributed by atoms with van der Waals surface area (Å²) in [5.74, 6) is 0.432. The highest BCUT2D eigenvalue weighted by molar-refractivity contribution is 5.76. The number of aromatic nitrogens is 3. The predicted molar refractivity (Wildman–Crippen MR) is 79.4 cm³/mol. The number of ether oxygens (including phenoxy) is 1. The topological polar surface area (TPSA) is 95.1 Å². The van der Waals surface area contributed by atoms with E-state index in [1.807, 2.05) is 19.1 Å². The monoisotopic (exact) mass is 289 g/mol. The fourth-order valence-electron chi connectivity index (χ4n) is 1.89. The number of benzene rings is 1. The summed E-state index contributed by atoms with van der Waals surface area (Å²) in [4.78, 5) is 16.0. The number of nitrogens with two attached hydrogens (primary N) is 1. The van der Waals surface area contributed by atoms with Crippen LogP contribution in [-0.4, -0.2) is 40.4 Å². The number of methoxy groups -OCH3 is 1. The molecule has 3 N–H and O–H groups in total. The SMILES string of the molecule is COCC(C)NC(=O)Cn1cnc(-c2ccc(N)cc2)n1. The van der Waals surface area contributed by atoms with E-state index in [0.29, 0.717) is 18.1 Å². The Morgan fingerprint density at radius 2 is 2.14 bits per heavy atom. The molecular weight excluding hydrogens is 270 g/mol. The summed E-state index contributed by atoms with van der Waals surface area (Å²) in [6.45, 7) is 2.47. The summed E-state index contributed by atoms with van der Waals surface area (Å²) in [5, 5.41) is 7.09. The molecule has 0 radical (unpaired) electrons. The zero-order chi connectivity index (χ0) is 15.2. The smallest absolute Gasteiger partial charge is 0.242 e.